The standard InChI is InChI=1S/C22H33N3O2/c1-27-21-7-3-2-6-19(21)20(25-10-4-5-11-25)15-23-22(26)14-16-12-17-8-9-18(13-16)24-17/h2-3,6-7,16-18,20,24H,4-5,8-15H2,1H3,(H,23,26). The molecule has 148 valence electrons. The number of likely N-dealkylation sites (tertiary alicyclic amines) is 1. The normalized spacial score (nSPS) is 28.9. The van der Waals surface area contributed by atoms with Crippen LogP contribution in [0.2, 0.25) is 0 Å². The van der Waals surface area contributed by atoms with Crippen molar-refractivity contribution in [2.45, 2.75) is 63.1 Å². The second kappa shape index (κ2) is 8.61. The number of carbonyl (C=O) groups excluding carboxylic acids is 1. The zero-order valence-electron chi connectivity index (χ0n) is 16.5. The Morgan fingerprint density at radius 1 is 1.22 bits per heavy atom. The zero-order valence-corrected chi connectivity index (χ0v) is 16.5. The number of hydrogen-bond donors (Lipinski definition) is 2. The highest BCUT2D eigenvalue weighted by atomic mass is 16.5. The minimum Gasteiger partial charge on any atom is -0.496 e. The highest BCUT2D eigenvalue weighted by molar-refractivity contribution is 5.76. The van der Waals surface area contributed by atoms with E-state index in [9.17, 15) is 4.79 Å². The second-order valence-electron chi connectivity index (χ2n) is 8.48. The molecular formula is C22H33N3O2. The lowest BCUT2D eigenvalue weighted by atomic mass is 9.89. The minimum absolute atomic E-state index is 0.191. The Bertz CT molecular complexity index is 632. The number of piperidine rings is 1. The summed E-state index contributed by atoms with van der Waals surface area (Å²) in [4.78, 5) is 15.2. The molecule has 5 nitrogen and oxygen atoms in total. The molecule has 3 unspecified atom stereocenters. The smallest absolute Gasteiger partial charge is 0.220 e. The van der Waals surface area contributed by atoms with E-state index in [1.807, 2.05) is 12.1 Å². The number of ether oxygens (including phenoxy) is 1. The van der Waals surface area contributed by atoms with Gasteiger partial charge in [0.25, 0.3) is 0 Å². The van der Waals surface area contributed by atoms with Crippen LogP contribution in [0.3, 0.4) is 0 Å². The lowest BCUT2D eigenvalue weighted by Gasteiger charge is -2.31. The summed E-state index contributed by atoms with van der Waals surface area (Å²) >= 11 is 0. The summed E-state index contributed by atoms with van der Waals surface area (Å²) in [6, 6.07) is 9.71. The molecule has 3 aliphatic heterocycles. The quantitative estimate of drug-likeness (QED) is 0.774. The van der Waals surface area contributed by atoms with Crippen LogP contribution in [0.5, 0.6) is 5.75 Å². The van der Waals surface area contributed by atoms with Gasteiger partial charge in [-0.3, -0.25) is 9.69 Å². The van der Waals surface area contributed by atoms with Gasteiger partial charge in [-0.1, -0.05) is 18.2 Å². The number of hydrogen-bond acceptors (Lipinski definition) is 4. The summed E-state index contributed by atoms with van der Waals surface area (Å²) in [7, 11) is 1.73. The molecule has 1 aromatic rings. The molecule has 27 heavy (non-hydrogen) atoms. The monoisotopic (exact) mass is 371 g/mol. The maximum atomic E-state index is 12.7. The first-order valence-electron chi connectivity index (χ1n) is 10.6. The molecule has 3 fully saturated rings. The van der Waals surface area contributed by atoms with Crippen LogP contribution in [-0.2, 0) is 4.79 Å². The summed E-state index contributed by atoms with van der Waals surface area (Å²) in [5.74, 6) is 1.67. The van der Waals surface area contributed by atoms with Gasteiger partial charge in [-0.15, -0.1) is 0 Å². The molecule has 5 heteroatoms. The number of amides is 1. The van der Waals surface area contributed by atoms with Crippen LogP contribution < -0.4 is 15.4 Å². The lowest BCUT2D eigenvalue weighted by Crippen LogP contribution is -2.41. The molecular weight excluding hydrogens is 338 g/mol. The fourth-order valence-electron chi connectivity index (χ4n) is 5.32. The SMILES string of the molecule is COc1ccccc1C(CNC(=O)CC1CC2CCC(C1)N2)N1CCCC1. The third kappa shape index (κ3) is 4.46. The number of nitrogens with zero attached hydrogens (tertiary/aromatic N) is 1. The van der Waals surface area contributed by atoms with Crippen molar-refractivity contribution in [2.24, 2.45) is 5.92 Å². The van der Waals surface area contributed by atoms with E-state index in [0.29, 0.717) is 31.0 Å². The fraction of sp³-hybridized carbons (Fsp3) is 0.682. The van der Waals surface area contributed by atoms with Gasteiger partial charge in [0.1, 0.15) is 5.75 Å². The number of fused-ring (bicyclic) bond motifs is 2. The molecule has 0 saturated carbocycles. The predicted molar refractivity (Wildman–Crippen MR) is 107 cm³/mol. The number of rotatable bonds is 7. The van der Waals surface area contributed by atoms with Crippen molar-refractivity contribution in [3.8, 4) is 5.75 Å². The van der Waals surface area contributed by atoms with Crippen molar-refractivity contribution in [3.05, 3.63) is 29.8 Å². The maximum absolute atomic E-state index is 12.7. The number of carbonyl (C=O) groups is 1. The van der Waals surface area contributed by atoms with Gasteiger partial charge in [0.15, 0.2) is 0 Å². The largest absolute Gasteiger partial charge is 0.496 e. The van der Waals surface area contributed by atoms with Crippen LogP contribution in [0, 0.1) is 5.92 Å². The first-order valence-corrected chi connectivity index (χ1v) is 10.6. The third-order valence-corrected chi connectivity index (χ3v) is 6.62. The molecule has 2 bridgehead atoms. The fourth-order valence-corrected chi connectivity index (χ4v) is 5.32. The highest BCUT2D eigenvalue weighted by Gasteiger charge is 2.34. The molecule has 0 aliphatic carbocycles. The van der Waals surface area contributed by atoms with Gasteiger partial charge >= 0.3 is 0 Å². The van der Waals surface area contributed by atoms with E-state index < -0.39 is 0 Å². The van der Waals surface area contributed by atoms with Gasteiger partial charge in [0.2, 0.25) is 5.91 Å². The van der Waals surface area contributed by atoms with Crippen molar-refractivity contribution in [3.63, 3.8) is 0 Å². The molecule has 3 heterocycles. The molecule has 3 atom stereocenters. The highest BCUT2D eigenvalue weighted by Crippen LogP contribution is 2.33. The molecule has 4 rings (SSSR count). The van der Waals surface area contributed by atoms with E-state index in [0.717, 1.165) is 31.7 Å². The Morgan fingerprint density at radius 2 is 1.93 bits per heavy atom. The second-order valence-corrected chi connectivity index (χ2v) is 8.48. The van der Waals surface area contributed by atoms with E-state index in [1.165, 1.54) is 31.2 Å². The Labute approximate surface area is 162 Å². The van der Waals surface area contributed by atoms with E-state index >= 15 is 0 Å². The van der Waals surface area contributed by atoms with Crippen LogP contribution in [0.15, 0.2) is 24.3 Å². The Hall–Kier alpha value is -1.59. The van der Waals surface area contributed by atoms with E-state index in [-0.39, 0.29) is 11.9 Å². The van der Waals surface area contributed by atoms with Gasteiger partial charge in [-0.25, -0.2) is 0 Å². The summed E-state index contributed by atoms with van der Waals surface area (Å²) < 4.78 is 5.60. The minimum atomic E-state index is 0.191. The van der Waals surface area contributed by atoms with Gasteiger partial charge < -0.3 is 15.4 Å². The number of methoxy groups -OCH3 is 1. The number of para-hydroxylation sites is 1. The van der Waals surface area contributed by atoms with Crippen molar-refractivity contribution < 1.29 is 9.53 Å². The average molecular weight is 372 g/mol. The maximum Gasteiger partial charge on any atom is 0.220 e. The molecule has 1 aromatic carbocycles. The van der Waals surface area contributed by atoms with Gasteiger partial charge in [-0.2, -0.15) is 0 Å². The number of nitrogens with one attached hydrogen (secondary N) is 2. The average Bonchev–Trinajstić information content (AvgIpc) is 3.32. The molecule has 2 N–H and O–H groups in total. The van der Waals surface area contributed by atoms with Crippen LogP contribution in [0.25, 0.3) is 0 Å². The summed E-state index contributed by atoms with van der Waals surface area (Å²) in [5, 5.41) is 6.91. The Kier molecular flexibility index (Phi) is 5.98. The topological polar surface area (TPSA) is 53.6 Å². The molecule has 0 radical (unpaired) electrons. The Balaban J connectivity index is 1.37. The first-order chi connectivity index (χ1) is 13.2. The van der Waals surface area contributed by atoms with Crippen molar-refractivity contribution in [1.29, 1.82) is 0 Å². The number of benzene rings is 1. The molecule has 0 aromatic heterocycles. The van der Waals surface area contributed by atoms with Crippen LogP contribution in [0.4, 0.5) is 0 Å². The summed E-state index contributed by atoms with van der Waals surface area (Å²) in [5.41, 5.74) is 1.18. The molecule has 1 amide bonds. The third-order valence-electron chi connectivity index (χ3n) is 6.62. The lowest BCUT2D eigenvalue weighted by molar-refractivity contribution is -0.122. The van der Waals surface area contributed by atoms with Crippen molar-refractivity contribution >= 4 is 5.91 Å². The van der Waals surface area contributed by atoms with E-state index in [2.05, 4.69) is 27.7 Å². The van der Waals surface area contributed by atoms with Crippen LogP contribution in [-0.4, -0.2) is 49.6 Å². The summed E-state index contributed by atoms with van der Waals surface area (Å²) in [6.07, 6.45) is 8.03. The Morgan fingerprint density at radius 3 is 2.63 bits per heavy atom. The summed E-state index contributed by atoms with van der Waals surface area (Å²) in [6.45, 7) is 2.85. The van der Waals surface area contributed by atoms with E-state index in [4.69, 9.17) is 4.74 Å². The molecule has 3 saturated heterocycles. The molecule has 0 spiro atoms. The van der Waals surface area contributed by atoms with Crippen LogP contribution in [0.1, 0.15) is 56.6 Å². The van der Waals surface area contributed by atoms with E-state index in [1.54, 1.807) is 7.11 Å². The van der Waals surface area contributed by atoms with Gasteiger partial charge in [0, 0.05) is 30.6 Å². The van der Waals surface area contributed by atoms with Crippen molar-refractivity contribution in [2.75, 3.05) is 26.7 Å². The van der Waals surface area contributed by atoms with Gasteiger partial charge in [0.05, 0.1) is 13.2 Å². The van der Waals surface area contributed by atoms with Gasteiger partial charge in [-0.05, 0) is 63.6 Å². The molecule has 3 aliphatic rings. The van der Waals surface area contributed by atoms with Crippen LogP contribution >= 0.6 is 0 Å². The predicted octanol–water partition coefficient (Wildman–Crippen LogP) is 2.87. The first kappa shape index (κ1) is 18.8. The zero-order chi connectivity index (χ0) is 18.6. The van der Waals surface area contributed by atoms with Crippen molar-refractivity contribution in [1.82, 2.24) is 15.5 Å².